The summed E-state index contributed by atoms with van der Waals surface area (Å²) in [6.45, 7) is 2.75. The number of carbonyl (C=O) groups excluding carboxylic acids is 1. The second kappa shape index (κ2) is 5.34. The van der Waals surface area contributed by atoms with Crippen LogP contribution in [0.4, 0.5) is 0 Å². The predicted molar refractivity (Wildman–Crippen MR) is 57.8 cm³/mol. The van der Waals surface area contributed by atoms with Gasteiger partial charge in [0.25, 0.3) is 5.91 Å². The van der Waals surface area contributed by atoms with Crippen LogP contribution in [-0.4, -0.2) is 34.5 Å². The van der Waals surface area contributed by atoms with Crippen LogP contribution in [0.5, 0.6) is 5.75 Å². The zero-order valence-electron chi connectivity index (χ0n) is 9.10. The van der Waals surface area contributed by atoms with Gasteiger partial charge in [0, 0.05) is 19.8 Å². The normalized spacial score (nSPS) is 10.0. The molecule has 82 valence electrons. The van der Waals surface area contributed by atoms with Crippen molar-refractivity contribution in [3.8, 4) is 5.75 Å². The lowest BCUT2D eigenvalue weighted by Gasteiger charge is -2.16. The smallest absolute Gasteiger partial charge is 0.276 e. The third-order valence-corrected chi connectivity index (χ3v) is 2.18. The van der Waals surface area contributed by atoms with Crippen molar-refractivity contribution >= 4 is 5.91 Å². The van der Waals surface area contributed by atoms with Gasteiger partial charge in [-0.3, -0.25) is 4.79 Å². The van der Waals surface area contributed by atoms with Crippen LogP contribution in [0.1, 0.15) is 30.3 Å². The summed E-state index contributed by atoms with van der Waals surface area (Å²) >= 11 is 0. The Labute approximate surface area is 89.6 Å². The zero-order valence-corrected chi connectivity index (χ0v) is 9.10. The standard InChI is InChI=1S/C11H16N2O2/c1-3-4-8-13(2)11(15)10-9(14)6-5-7-12-10/h5-7,14H,3-4,8H2,1-2H3. The van der Waals surface area contributed by atoms with Gasteiger partial charge in [0.15, 0.2) is 5.69 Å². The van der Waals surface area contributed by atoms with Gasteiger partial charge in [-0.1, -0.05) is 13.3 Å². The lowest BCUT2D eigenvalue weighted by Crippen LogP contribution is -2.28. The van der Waals surface area contributed by atoms with E-state index in [1.807, 2.05) is 0 Å². The molecule has 0 bridgehead atoms. The van der Waals surface area contributed by atoms with Gasteiger partial charge in [-0.05, 0) is 18.6 Å². The van der Waals surface area contributed by atoms with E-state index in [2.05, 4.69) is 11.9 Å². The topological polar surface area (TPSA) is 53.4 Å². The van der Waals surface area contributed by atoms with E-state index in [9.17, 15) is 9.90 Å². The Morgan fingerprint density at radius 1 is 1.60 bits per heavy atom. The molecule has 0 aliphatic carbocycles. The molecule has 0 spiro atoms. The van der Waals surface area contributed by atoms with Gasteiger partial charge in [-0.25, -0.2) is 4.98 Å². The minimum Gasteiger partial charge on any atom is -0.505 e. The number of rotatable bonds is 4. The molecule has 0 aliphatic rings. The lowest BCUT2D eigenvalue weighted by molar-refractivity contribution is 0.0784. The van der Waals surface area contributed by atoms with Crippen LogP contribution in [0, 0.1) is 0 Å². The number of hydrogen-bond acceptors (Lipinski definition) is 3. The molecule has 1 heterocycles. The molecule has 0 unspecified atom stereocenters. The molecule has 4 heteroatoms. The van der Waals surface area contributed by atoms with Crippen molar-refractivity contribution < 1.29 is 9.90 Å². The van der Waals surface area contributed by atoms with E-state index in [-0.39, 0.29) is 17.4 Å². The summed E-state index contributed by atoms with van der Waals surface area (Å²) < 4.78 is 0. The van der Waals surface area contributed by atoms with Crippen LogP contribution < -0.4 is 0 Å². The monoisotopic (exact) mass is 208 g/mol. The maximum Gasteiger partial charge on any atom is 0.276 e. The molecule has 1 rings (SSSR count). The summed E-state index contributed by atoms with van der Waals surface area (Å²) in [4.78, 5) is 17.2. The number of pyridine rings is 1. The van der Waals surface area contributed by atoms with Crippen molar-refractivity contribution in [3.63, 3.8) is 0 Å². The molecule has 15 heavy (non-hydrogen) atoms. The lowest BCUT2D eigenvalue weighted by atomic mass is 10.2. The summed E-state index contributed by atoms with van der Waals surface area (Å²) in [5.74, 6) is -0.299. The SMILES string of the molecule is CCCCN(C)C(=O)c1ncccc1O. The molecular weight excluding hydrogens is 192 g/mol. The fourth-order valence-corrected chi connectivity index (χ4v) is 1.24. The van der Waals surface area contributed by atoms with Crippen molar-refractivity contribution in [2.75, 3.05) is 13.6 Å². The number of amides is 1. The van der Waals surface area contributed by atoms with Gasteiger partial charge in [0.2, 0.25) is 0 Å². The minimum atomic E-state index is -0.235. The molecule has 0 atom stereocenters. The Bertz CT molecular complexity index is 339. The third-order valence-electron chi connectivity index (χ3n) is 2.18. The molecular formula is C11H16N2O2. The molecule has 0 aromatic carbocycles. The fourth-order valence-electron chi connectivity index (χ4n) is 1.24. The molecule has 1 aromatic heterocycles. The Hall–Kier alpha value is -1.58. The molecule has 1 N–H and O–H groups in total. The van der Waals surface area contributed by atoms with Gasteiger partial charge < -0.3 is 10.0 Å². The van der Waals surface area contributed by atoms with E-state index in [4.69, 9.17) is 0 Å². The third kappa shape index (κ3) is 2.94. The number of carbonyl (C=O) groups is 1. The Morgan fingerprint density at radius 3 is 2.93 bits per heavy atom. The van der Waals surface area contributed by atoms with Gasteiger partial charge >= 0.3 is 0 Å². The Balaban J connectivity index is 2.72. The van der Waals surface area contributed by atoms with Crippen LogP contribution in [-0.2, 0) is 0 Å². The van der Waals surface area contributed by atoms with E-state index >= 15 is 0 Å². The first-order chi connectivity index (χ1) is 7.16. The molecule has 4 nitrogen and oxygen atoms in total. The first kappa shape index (κ1) is 11.5. The number of hydrogen-bond donors (Lipinski definition) is 1. The summed E-state index contributed by atoms with van der Waals surface area (Å²) in [5, 5.41) is 9.45. The second-order valence-electron chi connectivity index (χ2n) is 3.45. The highest BCUT2D eigenvalue weighted by atomic mass is 16.3. The average molecular weight is 208 g/mol. The predicted octanol–water partition coefficient (Wildman–Crippen LogP) is 1.66. The summed E-state index contributed by atoms with van der Waals surface area (Å²) in [6, 6.07) is 3.06. The van der Waals surface area contributed by atoms with Crippen LogP contribution in [0.3, 0.4) is 0 Å². The first-order valence-electron chi connectivity index (χ1n) is 5.06. The van der Waals surface area contributed by atoms with Crippen molar-refractivity contribution in [1.29, 1.82) is 0 Å². The largest absolute Gasteiger partial charge is 0.505 e. The van der Waals surface area contributed by atoms with E-state index in [0.717, 1.165) is 12.8 Å². The van der Waals surface area contributed by atoms with Crippen LogP contribution in [0.2, 0.25) is 0 Å². The number of unbranched alkanes of at least 4 members (excludes halogenated alkanes) is 1. The van der Waals surface area contributed by atoms with Crippen LogP contribution in [0.15, 0.2) is 18.3 Å². The molecule has 1 aromatic rings. The van der Waals surface area contributed by atoms with Crippen LogP contribution >= 0.6 is 0 Å². The maximum atomic E-state index is 11.8. The minimum absolute atomic E-state index is 0.0640. The highest BCUT2D eigenvalue weighted by Gasteiger charge is 2.15. The van der Waals surface area contributed by atoms with E-state index in [1.54, 1.807) is 18.0 Å². The molecule has 0 saturated heterocycles. The van der Waals surface area contributed by atoms with E-state index < -0.39 is 0 Å². The van der Waals surface area contributed by atoms with Gasteiger partial charge in [-0.2, -0.15) is 0 Å². The number of nitrogens with zero attached hydrogens (tertiary/aromatic N) is 2. The van der Waals surface area contributed by atoms with E-state index in [0.29, 0.717) is 6.54 Å². The van der Waals surface area contributed by atoms with Crippen molar-refractivity contribution in [2.45, 2.75) is 19.8 Å². The summed E-state index contributed by atoms with van der Waals surface area (Å²) in [5.41, 5.74) is 0.121. The van der Waals surface area contributed by atoms with Crippen LogP contribution in [0.25, 0.3) is 0 Å². The van der Waals surface area contributed by atoms with Crippen molar-refractivity contribution in [1.82, 2.24) is 9.88 Å². The van der Waals surface area contributed by atoms with Gasteiger partial charge in [-0.15, -0.1) is 0 Å². The highest BCUT2D eigenvalue weighted by molar-refractivity contribution is 5.94. The first-order valence-corrected chi connectivity index (χ1v) is 5.06. The molecule has 0 radical (unpaired) electrons. The quantitative estimate of drug-likeness (QED) is 0.818. The summed E-state index contributed by atoms with van der Waals surface area (Å²) in [6.07, 6.45) is 3.49. The van der Waals surface area contributed by atoms with Gasteiger partial charge in [0.1, 0.15) is 5.75 Å². The average Bonchev–Trinajstić information content (AvgIpc) is 2.25. The number of aromatic hydroxyl groups is 1. The molecule has 0 aliphatic heterocycles. The van der Waals surface area contributed by atoms with Crippen molar-refractivity contribution in [3.05, 3.63) is 24.0 Å². The van der Waals surface area contributed by atoms with Gasteiger partial charge in [0.05, 0.1) is 0 Å². The molecule has 1 amide bonds. The number of aromatic nitrogens is 1. The second-order valence-corrected chi connectivity index (χ2v) is 3.45. The van der Waals surface area contributed by atoms with Crippen molar-refractivity contribution in [2.24, 2.45) is 0 Å². The highest BCUT2D eigenvalue weighted by Crippen LogP contribution is 2.14. The molecule has 0 fully saturated rings. The summed E-state index contributed by atoms with van der Waals surface area (Å²) in [7, 11) is 1.71. The van der Waals surface area contributed by atoms with E-state index in [1.165, 1.54) is 12.3 Å². The maximum absolute atomic E-state index is 11.8. The Kier molecular flexibility index (Phi) is 4.09. The fraction of sp³-hybridized carbons (Fsp3) is 0.455. The molecule has 0 saturated carbocycles. The Morgan fingerprint density at radius 2 is 2.33 bits per heavy atom. The zero-order chi connectivity index (χ0) is 11.3.